The average Bonchev–Trinajstić information content (AvgIpc) is 2.66. The van der Waals surface area contributed by atoms with Crippen LogP contribution in [-0.4, -0.2) is 37.5 Å². The number of amides is 1. The van der Waals surface area contributed by atoms with Gasteiger partial charge in [0.25, 0.3) is 0 Å². The van der Waals surface area contributed by atoms with Gasteiger partial charge in [0.1, 0.15) is 0 Å². The Morgan fingerprint density at radius 3 is 2.00 bits per heavy atom. The van der Waals surface area contributed by atoms with Crippen molar-refractivity contribution in [2.24, 2.45) is 11.8 Å². The number of carbonyl (C=O) groups is 1. The first kappa shape index (κ1) is 15.4. The smallest absolute Gasteiger partial charge is 0.222 e. The zero-order valence-corrected chi connectivity index (χ0v) is 11.5. The maximum absolute atomic E-state index is 10.9. The Bertz CT molecular complexity index is 190. The molecule has 1 N–H and O–H groups in total. The normalized spacial score (nSPS) is 16.2. The third-order valence-electron chi connectivity index (χ3n) is 2.54. The second-order valence-corrected chi connectivity index (χ2v) is 5.30. The van der Waals surface area contributed by atoms with Crippen LogP contribution in [0.4, 0.5) is 0 Å². The molecule has 1 saturated heterocycles. The van der Waals surface area contributed by atoms with Gasteiger partial charge in [-0.3, -0.25) is 4.79 Å². The monoisotopic (exact) mass is 230 g/mol. The van der Waals surface area contributed by atoms with Crippen molar-refractivity contribution in [3.05, 3.63) is 0 Å². The molecule has 0 aromatic carbocycles. The molecule has 0 aromatic rings. The minimum Gasteiger partial charge on any atom is -0.356 e. The average molecular weight is 230 g/mol. The van der Waals surface area contributed by atoms with Gasteiger partial charge in [-0.05, 0) is 38.9 Å². The van der Waals surface area contributed by atoms with Crippen LogP contribution in [0.2, 0.25) is 0 Å². The van der Waals surface area contributed by atoms with Crippen molar-refractivity contribution >= 4 is 5.91 Å². The van der Waals surface area contributed by atoms with E-state index in [4.69, 9.17) is 0 Å². The van der Waals surface area contributed by atoms with Gasteiger partial charge in [0.2, 0.25) is 5.91 Å². The largest absolute Gasteiger partial charge is 0.356 e. The third kappa shape index (κ3) is 8.72. The summed E-state index contributed by atoms with van der Waals surface area (Å²) < 4.78 is 0. The maximum Gasteiger partial charge on any atom is 0.222 e. The van der Waals surface area contributed by atoms with Gasteiger partial charge in [0.15, 0.2) is 0 Å². The van der Waals surface area contributed by atoms with Crippen molar-refractivity contribution in [3.8, 4) is 0 Å². The van der Waals surface area contributed by atoms with Gasteiger partial charge in [-0.2, -0.15) is 0 Å². The summed E-state index contributed by atoms with van der Waals surface area (Å²) >= 11 is 0. The summed E-state index contributed by atoms with van der Waals surface area (Å²) in [5.74, 6) is 0.801. The summed E-state index contributed by atoms with van der Waals surface area (Å²) in [6.45, 7) is 11.4. The van der Waals surface area contributed by atoms with E-state index in [1.165, 1.54) is 25.9 Å². The Morgan fingerprint density at radius 1 is 1.25 bits per heavy atom. The summed E-state index contributed by atoms with van der Waals surface area (Å²) in [7, 11) is 2.17. The molecule has 1 amide bonds. The zero-order valence-electron chi connectivity index (χ0n) is 11.5. The highest BCUT2D eigenvalue weighted by molar-refractivity contribution is 5.77. The molecule has 0 atom stereocenters. The fraction of sp³-hybridized carbons (Fsp3) is 0.923. The summed E-state index contributed by atoms with van der Waals surface area (Å²) in [5.41, 5.74) is 0. The van der Waals surface area contributed by atoms with Gasteiger partial charge in [0, 0.05) is 13.9 Å². The minimum atomic E-state index is 0. The first-order chi connectivity index (χ1) is 7.43. The molecule has 3 nitrogen and oxygen atoms in total. The van der Waals surface area contributed by atoms with Gasteiger partial charge in [-0.15, -0.1) is 0 Å². The van der Waals surface area contributed by atoms with Crippen molar-refractivity contribution in [1.29, 1.82) is 0 Å². The van der Waals surface area contributed by atoms with Gasteiger partial charge in [-0.1, -0.05) is 27.7 Å². The van der Waals surface area contributed by atoms with Crippen molar-refractivity contribution in [3.63, 3.8) is 0 Å². The molecule has 1 aliphatic heterocycles. The molecule has 0 bridgehead atoms. The molecule has 0 aliphatic carbocycles. The van der Waals surface area contributed by atoms with E-state index in [1.807, 2.05) is 13.8 Å². The topological polar surface area (TPSA) is 32.3 Å². The van der Waals surface area contributed by atoms with E-state index < -0.39 is 0 Å². The first-order valence-electron chi connectivity index (χ1n) is 6.39. The maximum atomic E-state index is 10.9. The number of nitrogens with one attached hydrogen (secondary N) is 1. The minimum absolute atomic E-state index is 0. The number of hydrogen-bond acceptors (Lipinski definition) is 2. The molecule has 0 spiro atoms. The molecule has 98 valence electrons. The van der Waals surface area contributed by atoms with Crippen molar-refractivity contribution in [2.45, 2.75) is 40.5 Å². The standard InChI is InChI=1S/C8H17NO.C5H11N.H2/c1-6(2)5-9-8(10)7(3)4;1-6-4-2-3-5-6;/h6-7H,5H2,1-4H3,(H,9,10);2-5H2,1H3;1H. The Balaban J connectivity index is 0. The van der Waals surface area contributed by atoms with E-state index in [9.17, 15) is 4.79 Å². The Hall–Kier alpha value is -0.570. The van der Waals surface area contributed by atoms with Crippen LogP contribution in [0.5, 0.6) is 0 Å². The number of hydrogen-bond donors (Lipinski definition) is 1. The van der Waals surface area contributed by atoms with E-state index in [-0.39, 0.29) is 13.3 Å². The van der Waals surface area contributed by atoms with Crippen LogP contribution in [0.15, 0.2) is 0 Å². The van der Waals surface area contributed by atoms with E-state index >= 15 is 0 Å². The predicted octanol–water partition coefficient (Wildman–Crippen LogP) is 2.37. The summed E-state index contributed by atoms with van der Waals surface area (Å²) in [5, 5.41) is 2.84. The Labute approximate surface area is 102 Å². The number of carbonyl (C=O) groups excluding carboxylic acids is 1. The lowest BCUT2D eigenvalue weighted by Gasteiger charge is -2.08. The molecule has 16 heavy (non-hydrogen) atoms. The Morgan fingerprint density at radius 2 is 1.75 bits per heavy atom. The molecule has 1 rings (SSSR count). The fourth-order valence-corrected chi connectivity index (χ4v) is 1.38. The van der Waals surface area contributed by atoms with Crippen molar-refractivity contribution < 1.29 is 6.22 Å². The molecule has 1 heterocycles. The molecular weight excluding hydrogens is 200 g/mol. The third-order valence-corrected chi connectivity index (χ3v) is 2.54. The van der Waals surface area contributed by atoms with Crippen LogP contribution in [0.1, 0.15) is 42.0 Å². The highest BCUT2D eigenvalue weighted by atomic mass is 16.1. The fourth-order valence-electron chi connectivity index (χ4n) is 1.38. The number of likely N-dealkylation sites (tertiary alicyclic amines) is 1. The molecule has 1 aliphatic rings. The molecule has 0 unspecified atom stereocenters. The van der Waals surface area contributed by atoms with Gasteiger partial charge >= 0.3 is 0 Å². The predicted molar refractivity (Wildman–Crippen MR) is 71.5 cm³/mol. The molecule has 0 aromatic heterocycles. The second-order valence-electron chi connectivity index (χ2n) is 5.30. The van der Waals surface area contributed by atoms with Crippen molar-refractivity contribution in [2.75, 3.05) is 26.7 Å². The molecule has 1 fully saturated rings. The van der Waals surface area contributed by atoms with Gasteiger partial charge in [0.05, 0.1) is 0 Å². The van der Waals surface area contributed by atoms with Crippen LogP contribution in [0.25, 0.3) is 0 Å². The van der Waals surface area contributed by atoms with Crippen LogP contribution in [-0.2, 0) is 4.79 Å². The van der Waals surface area contributed by atoms with Crippen LogP contribution < -0.4 is 5.32 Å². The van der Waals surface area contributed by atoms with Gasteiger partial charge in [-0.25, -0.2) is 0 Å². The lowest BCUT2D eigenvalue weighted by Crippen LogP contribution is -2.30. The summed E-state index contributed by atoms with van der Waals surface area (Å²) in [4.78, 5) is 13.3. The van der Waals surface area contributed by atoms with E-state index in [0.29, 0.717) is 5.92 Å². The summed E-state index contributed by atoms with van der Waals surface area (Å²) in [6.07, 6.45) is 2.83. The first-order valence-corrected chi connectivity index (χ1v) is 6.39. The summed E-state index contributed by atoms with van der Waals surface area (Å²) in [6, 6.07) is 0. The quantitative estimate of drug-likeness (QED) is 0.807. The second kappa shape index (κ2) is 8.57. The molecular formula is C13H30N2O. The van der Waals surface area contributed by atoms with Crippen molar-refractivity contribution in [1.82, 2.24) is 10.2 Å². The SMILES string of the molecule is CC(C)CNC(=O)C(C)C.CN1CCCC1.[HH]. The number of rotatable bonds is 3. The molecule has 3 heteroatoms. The Kier molecular flexibility index (Phi) is 8.26. The van der Waals surface area contributed by atoms with Crippen LogP contribution >= 0.6 is 0 Å². The van der Waals surface area contributed by atoms with Crippen LogP contribution in [0, 0.1) is 11.8 Å². The number of nitrogens with zero attached hydrogens (tertiary/aromatic N) is 1. The highest BCUT2D eigenvalue weighted by Crippen LogP contribution is 2.02. The van der Waals surface area contributed by atoms with E-state index in [2.05, 4.69) is 31.1 Å². The van der Waals surface area contributed by atoms with E-state index in [1.54, 1.807) is 0 Å². The molecule has 0 saturated carbocycles. The highest BCUT2D eigenvalue weighted by Gasteiger charge is 2.05. The lowest BCUT2D eigenvalue weighted by atomic mass is 10.2. The van der Waals surface area contributed by atoms with E-state index in [0.717, 1.165) is 6.54 Å². The molecule has 0 radical (unpaired) electrons. The lowest BCUT2D eigenvalue weighted by molar-refractivity contribution is -0.124. The zero-order chi connectivity index (χ0) is 12.6. The van der Waals surface area contributed by atoms with Crippen LogP contribution in [0.3, 0.4) is 0 Å². The van der Waals surface area contributed by atoms with Gasteiger partial charge < -0.3 is 10.2 Å².